The van der Waals surface area contributed by atoms with Gasteiger partial charge >= 0.3 is 0 Å². The van der Waals surface area contributed by atoms with Crippen molar-refractivity contribution in [2.45, 2.75) is 40.2 Å². The normalized spacial score (nSPS) is 15.5. The van der Waals surface area contributed by atoms with Gasteiger partial charge in [-0.05, 0) is 58.4 Å². The largest absolute Gasteiger partial charge is 0.374 e. The monoisotopic (exact) mass is 366 g/mol. The molecule has 1 aliphatic heterocycles. The zero-order valence-electron chi connectivity index (χ0n) is 15.2. The molecule has 25 heavy (non-hydrogen) atoms. The van der Waals surface area contributed by atoms with Crippen LogP contribution in [0.15, 0.2) is 41.4 Å². The van der Waals surface area contributed by atoms with E-state index in [0.29, 0.717) is 0 Å². The number of anilines is 1. The molecule has 0 saturated carbocycles. The molecule has 3 aromatic rings. The van der Waals surface area contributed by atoms with Crippen LogP contribution in [-0.2, 0) is 5.54 Å². The number of aryl methyl sites for hydroxylation is 3. The molecular weight excluding hydrogens is 344 g/mol. The van der Waals surface area contributed by atoms with Crippen LogP contribution >= 0.6 is 20.7 Å². The highest BCUT2D eigenvalue weighted by atomic mass is 32.9. The molecule has 128 valence electrons. The molecule has 0 unspecified atom stereocenters. The first-order valence-electron chi connectivity index (χ1n) is 8.50. The molecule has 2 nitrogen and oxygen atoms in total. The maximum atomic E-state index is 4.98. The van der Waals surface area contributed by atoms with E-state index in [9.17, 15) is 0 Å². The van der Waals surface area contributed by atoms with Gasteiger partial charge in [0, 0.05) is 16.8 Å². The van der Waals surface area contributed by atoms with E-state index in [1.165, 1.54) is 38.4 Å². The second-order valence-corrected chi connectivity index (χ2v) is 9.51. The Bertz CT molecular complexity index is 1020. The van der Waals surface area contributed by atoms with E-state index in [-0.39, 0.29) is 5.54 Å². The van der Waals surface area contributed by atoms with Crippen molar-refractivity contribution in [2.75, 3.05) is 5.32 Å². The van der Waals surface area contributed by atoms with E-state index >= 15 is 0 Å². The first kappa shape index (κ1) is 16.6. The van der Waals surface area contributed by atoms with Crippen LogP contribution in [0.3, 0.4) is 0 Å². The Morgan fingerprint density at radius 1 is 0.920 bits per heavy atom. The first-order chi connectivity index (χ1) is 11.8. The lowest BCUT2D eigenvalue weighted by molar-refractivity contribution is 0.618. The fourth-order valence-corrected chi connectivity index (χ4v) is 6.36. The van der Waals surface area contributed by atoms with Crippen LogP contribution < -0.4 is 9.99 Å². The van der Waals surface area contributed by atoms with Crippen LogP contribution in [0.25, 0.3) is 11.1 Å². The van der Waals surface area contributed by atoms with Crippen molar-refractivity contribution >= 4 is 32.1 Å². The van der Waals surface area contributed by atoms with Crippen LogP contribution in [0.5, 0.6) is 0 Å². The van der Waals surface area contributed by atoms with Crippen LogP contribution in [0.2, 0.25) is 0 Å². The number of benzene rings is 2. The van der Waals surface area contributed by atoms with Gasteiger partial charge < -0.3 is 5.32 Å². The summed E-state index contributed by atoms with van der Waals surface area (Å²) in [6.45, 7) is 11.0. The van der Waals surface area contributed by atoms with E-state index in [2.05, 4.69) is 76.3 Å². The summed E-state index contributed by atoms with van der Waals surface area (Å²) in [7, 11) is 3.62. The minimum atomic E-state index is -0.0788. The molecule has 1 N–H and O–H groups in total. The van der Waals surface area contributed by atoms with Gasteiger partial charge in [0.05, 0.1) is 16.1 Å². The van der Waals surface area contributed by atoms with E-state index in [4.69, 9.17) is 4.99 Å². The maximum Gasteiger partial charge on any atom is 0.135 e. The molecule has 1 aromatic heterocycles. The summed E-state index contributed by atoms with van der Waals surface area (Å²) in [5.41, 5.74) is 8.63. The smallest absolute Gasteiger partial charge is 0.135 e. The minimum absolute atomic E-state index is 0.0788. The van der Waals surface area contributed by atoms with Crippen LogP contribution in [0.4, 0.5) is 11.4 Å². The predicted octanol–water partition coefficient (Wildman–Crippen LogP) is 6.29. The van der Waals surface area contributed by atoms with Crippen molar-refractivity contribution in [1.29, 1.82) is 0 Å². The fourth-order valence-electron chi connectivity index (χ4n) is 3.43. The van der Waals surface area contributed by atoms with Crippen molar-refractivity contribution in [2.24, 2.45) is 4.99 Å². The second-order valence-electron chi connectivity index (χ2n) is 7.38. The second kappa shape index (κ2) is 5.82. The van der Waals surface area contributed by atoms with Gasteiger partial charge in [-0.3, -0.25) is 0 Å². The van der Waals surface area contributed by atoms with Gasteiger partial charge in [0.1, 0.15) is 4.67 Å². The lowest BCUT2D eigenvalue weighted by Crippen LogP contribution is -2.32. The number of fused-ring (bicyclic) bond motifs is 3. The Kier molecular flexibility index (Phi) is 3.85. The molecule has 0 saturated heterocycles. The SMILES string of the molecule is Cc1ccc(N=c2ssc3c2-c2cc(C)cc(C)c2NC3(C)C)cc1. The van der Waals surface area contributed by atoms with E-state index in [1.807, 2.05) is 10.3 Å². The molecule has 0 radical (unpaired) electrons. The quantitative estimate of drug-likeness (QED) is 0.502. The van der Waals surface area contributed by atoms with Crippen molar-refractivity contribution in [3.05, 3.63) is 62.6 Å². The highest BCUT2D eigenvalue weighted by Crippen LogP contribution is 2.46. The van der Waals surface area contributed by atoms with Gasteiger partial charge in [0.2, 0.25) is 0 Å². The van der Waals surface area contributed by atoms with Crippen molar-refractivity contribution < 1.29 is 0 Å². The third-order valence-corrected chi connectivity index (χ3v) is 7.31. The molecule has 0 bridgehead atoms. The van der Waals surface area contributed by atoms with Gasteiger partial charge in [-0.25, -0.2) is 4.99 Å². The Morgan fingerprint density at radius 2 is 1.64 bits per heavy atom. The van der Waals surface area contributed by atoms with Crippen molar-refractivity contribution in [3.8, 4) is 11.1 Å². The number of hydrogen-bond acceptors (Lipinski definition) is 4. The molecule has 4 heteroatoms. The van der Waals surface area contributed by atoms with Gasteiger partial charge in [-0.15, -0.1) is 0 Å². The molecule has 0 spiro atoms. The molecule has 1 aliphatic rings. The number of nitrogens with zero attached hydrogens (tertiary/aromatic N) is 1. The summed E-state index contributed by atoms with van der Waals surface area (Å²) in [6, 6.07) is 13.0. The number of hydrogen-bond donors (Lipinski definition) is 1. The lowest BCUT2D eigenvalue weighted by atomic mass is 9.87. The summed E-state index contributed by atoms with van der Waals surface area (Å²) in [5.74, 6) is 0. The van der Waals surface area contributed by atoms with Crippen LogP contribution in [0.1, 0.15) is 35.4 Å². The van der Waals surface area contributed by atoms with E-state index in [0.717, 1.165) is 10.4 Å². The fraction of sp³-hybridized carbons (Fsp3) is 0.286. The zero-order chi connectivity index (χ0) is 17.8. The highest BCUT2D eigenvalue weighted by Gasteiger charge is 2.34. The average Bonchev–Trinajstić information content (AvgIpc) is 2.96. The maximum absolute atomic E-state index is 4.98. The molecule has 0 atom stereocenters. The van der Waals surface area contributed by atoms with Gasteiger partial charge in [-0.1, -0.05) is 50.0 Å². The number of rotatable bonds is 1. The zero-order valence-corrected chi connectivity index (χ0v) is 16.9. The van der Waals surface area contributed by atoms with E-state index < -0.39 is 0 Å². The summed E-state index contributed by atoms with van der Waals surface area (Å²) >= 11 is 0. The molecule has 0 aliphatic carbocycles. The standard InChI is InChI=1S/C21H22N2S2/c1-12-6-8-15(9-7-12)22-20-17-16-11-13(2)10-14(3)18(16)23-21(4,5)19(17)24-25-20/h6-11,23H,1-5H3. The Hall–Kier alpha value is -1.91. The molecule has 2 aromatic carbocycles. The summed E-state index contributed by atoms with van der Waals surface area (Å²) in [5, 5.41) is 3.75. The molecule has 2 heterocycles. The summed E-state index contributed by atoms with van der Waals surface area (Å²) in [4.78, 5) is 6.36. The summed E-state index contributed by atoms with van der Waals surface area (Å²) < 4.78 is 1.12. The Labute approximate surface area is 156 Å². The third kappa shape index (κ3) is 2.83. The number of nitrogens with one attached hydrogen (secondary N) is 1. The Balaban J connectivity index is 2.00. The molecule has 0 amide bonds. The lowest BCUT2D eigenvalue weighted by Gasteiger charge is -2.34. The Morgan fingerprint density at radius 3 is 2.36 bits per heavy atom. The van der Waals surface area contributed by atoms with Gasteiger partial charge in [0.25, 0.3) is 0 Å². The molecular formula is C21H22N2S2. The van der Waals surface area contributed by atoms with Gasteiger partial charge in [0.15, 0.2) is 0 Å². The topological polar surface area (TPSA) is 24.4 Å². The van der Waals surface area contributed by atoms with Crippen LogP contribution in [0, 0.1) is 20.8 Å². The third-order valence-electron chi connectivity index (χ3n) is 4.66. The van der Waals surface area contributed by atoms with Gasteiger partial charge in [-0.2, -0.15) is 0 Å². The predicted molar refractivity (Wildman–Crippen MR) is 110 cm³/mol. The van der Waals surface area contributed by atoms with Crippen molar-refractivity contribution in [1.82, 2.24) is 0 Å². The highest BCUT2D eigenvalue weighted by molar-refractivity contribution is 7.68. The minimum Gasteiger partial charge on any atom is -0.374 e. The van der Waals surface area contributed by atoms with E-state index in [1.54, 1.807) is 10.3 Å². The average molecular weight is 367 g/mol. The van der Waals surface area contributed by atoms with Crippen molar-refractivity contribution in [3.63, 3.8) is 0 Å². The summed E-state index contributed by atoms with van der Waals surface area (Å²) in [6.07, 6.45) is 0. The molecule has 4 rings (SSSR count). The van der Waals surface area contributed by atoms with Crippen LogP contribution in [-0.4, -0.2) is 0 Å². The molecule has 0 fully saturated rings. The first-order valence-corrected chi connectivity index (χ1v) is 10.6.